The van der Waals surface area contributed by atoms with E-state index in [4.69, 9.17) is 17.3 Å². The molecule has 0 fully saturated rings. The van der Waals surface area contributed by atoms with Crippen molar-refractivity contribution in [2.24, 2.45) is 5.73 Å². The molecule has 1 heterocycles. The highest BCUT2D eigenvalue weighted by Crippen LogP contribution is 2.29. The predicted octanol–water partition coefficient (Wildman–Crippen LogP) is 3.57. The first-order chi connectivity index (χ1) is 13.4. The van der Waals surface area contributed by atoms with Crippen LogP contribution in [0, 0.1) is 6.92 Å². The molecule has 0 saturated carbocycles. The number of rotatable bonds is 6. The SMILES string of the molecule is Cc1ccc(-n2c(SCCC(=O)NC(N)=O)nnc2-c2ccc(Cl)cc2)cc1. The van der Waals surface area contributed by atoms with Crippen LogP contribution in [0.4, 0.5) is 4.79 Å². The van der Waals surface area contributed by atoms with E-state index in [1.54, 1.807) is 12.1 Å². The zero-order chi connectivity index (χ0) is 20.1. The van der Waals surface area contributed by atoms with Crippen LogP contribution in [0.25, 0.3) is 17.1 Å². The standard InChI is InChI=1S/C19H18ClN5O2S/c1-12-2-8-15(9-3-12)25-17(13-4-6-14(20)7-5-13)23-24-19(25)28-11-10-16(26)22-18(21)27/h2-9H,10-11H2,1H3,(H3,21,22,26,27). The number of nitrogens with one attached hydrogen (secondary N) is 1. The molecule has 9 heteroatoms. The van der Waals surface area contributed by atoms with Gasteiger partial charge in [-0.25, -0.2) is 4.79 Å². The van der Waals surface area contributed by atoms with Gasteiger partial charge in [-0.05, 0) is 43.3 Å². The molecule has 3 amide bonds. The topological polar surface area (TPSA) is 103 Å². The fourth-order valence-electron chi connectivity index (χ4n) is 2.51. The molecule has 2 aromatic carbocycles. The van der Waals surface area contributed by atoms with E-state index in [1.807, 2.05) is 53.2 Å². The van der Waals surface area contributed by atoms with Crippen LogP contribution in [-0.2, 0) is 4.79 Å². The number of halogens is 1. The highest BCUT2D eigenvalue weighted by molar-refractivity contribution is 7.99. The van der Waals surface area contributed by atoms with E-state index in [0.29, 0.717) is 21.8 Å². The fourth-order valence-corrected chi connectivity index (χ4v) is 3.53. The second-order valence-electron chi connectivity index (χ2n) is 5.99. The molecule has 0 bridgehead atoms. The number of primary amides is 1. The van der Waals surface area contributed by atoms with Crippen LogP contribution in [0.5, 0.6) is 0 Å². The molecule has 3 rings (SSSR count). The second-order valence-corrected chi connectivity index (χ2v) is 7.49. The molecule has 0 aliphatic heterocycles. The highest BCUT2D eigenvalue weighted by Gasteiger charge is 2.16. The molecule has 0 atom stereocenters. The van der Waals surface area contributed by atoms with Crippen LogP contribution in [-0.4, -0.2) is 32.5 Å². The molecular formula is C19H18ClN5O2S. The van der Waals surface area contributed by atoms with Crippen molar-refractivity contribution in [1.82, 2.24) is 20.1 Å². The average molecular weight is 416 g/mol. The van der Waals surface area contributed by atoms with Crippen LogP contribution in [0.2, 0.25) is 5.02 Å². The number of urea groups is 1. The van der Waals surface area contributed by atoms with E-state index in [1.165, 1.54) is 11.8 Å². The van der Waals surface area contributed by atoms with Gasteiger partial charge in [0.1, 0.15) is 0 Å². The largest absolute Gasteiger partial charge is 0.351 e. The van der Waals surface area contributed by atoms with Gasteiger partial charge in [0.25, 0.3) is 0 Å². The first-order valence-corrected chi connectivity index (χ1v) is 9.81. The van der Waals surface area contributed by atoms with Crippen molar-refractivity contribution in [3.63, 3.8) is 0 Å². The van der Waals surface area contributed by atoms with Gasteiger partial charge in [0.05, 0.1) is 0 Å². The van der Waals surface area contributed by atoms with Crippen LogP contribution >= 0.6 is 23.4 Å². The summed E-state index contributed by atoms with van der Waals surface area (Å²) >= 11 is 7.37. The fraction of sp³-hybridized carbons (Fsp3) is 0.158. The van der Waals surface area contributed by atoms with Gasteiger partial charge in [-0.3, -0.25) is 14.7 Å². The molecule has 1 aromatic heterocycles. The molecule has 0 aliphatic rings. The van der Waals surface area contributed by atoms with Gasteiger partial charge in [0.2, 0.25) is 5.91 Å². The summed E-state index contributed by atoms with van der Waals surface area (Å²) in [6, 6.07) is 14.5. The summed E-state index contributed by atoms with van der Waals surface area (Å²) in [4.78, 5) is 22.4. The highest BCUT2D eigenvalue weighted by atomic mass is 35.5. The minimum absolute atomic E-state index is 0.130. The lowest BCUT2D eigenvalue weighted by atomic mass is 10.2. The number of hydrogen-bond donors (Lipinski definition) is 2. The summed E-state index contributed by atoms with van der Waals surface area (Å²) in [5, 5.41) is 12.0. The van der Waals surface area contributed by atoms with Gasteiger partial charge >= 0.3 is 6.03 Å². The third-order valence-corrected chi connectivity index (χ3v) is 5.03. The van der Waals surface area contributed by atoms with Crippen molar-refractivity contribution in [2.75, 3.05) is 5.75 Å². The number of nitrogens with zero attached hydrogens (tertiary/aromatic N) is 3. The van der Waals surface area contributed by atoms with E-state index in [2.05, 4.69) is 10.2 Å². The first-order valence-electron chi connectivity index (χ1n) is 8.44. The number of carbonyl (C=O) groups is 2. The quantitative estimate of drug-likeness (QED) is 0.599. The zero-order valence-electron chi connectivity index (χ0n) is 15.1. The maximum absolute atomic E-state index is 11.6. The Morgan fingerprint density at radius 1 is 1.11 bits per heavy atom. The number of aromatic nitrogens is 3. The van der Waals surface area contributed by atoms with Gasteiger partial charge in [-0.2, -0.15) is 0 Å². The zero-order valence-corrected chi connectivity index (χ0v) is 16.6. The molecule has 0 unspecified atom stereocenters. The third-order valence-electron chi connectivity index (χ3n) is 3.85. The van der Waals surface area contributed by atoms with Crippen LogP contribution < -0.4 is 11.1 Å². The van der Waals surface area contributed by atoms with Crippen molar-refractivity contribution in [3.05, 3.63) is 59.1 Å². The lowest BCUT2D eigenvalue weighted by Crippen LogP contribution is -2.35. The monoisotopic (exact) mass is 415 g/mol. The van der Waals surface area contributed by atoms with E-state index >= 15 is 0 Å². The van der Waals surface area contributed by atoms with E-state index < -0.39 is 11.9 Å². The van der Waals surface area contributed by atoms with Gasteiger partial charge in [0.15, 0.2) is 11.0 Å². The Bertz CT molecular complexity index is 987. The summed E-state index contributed by atoms with van der Waals surface area (Å²) in [5.74, 6) is 0.660. The van der Waals surface area contributed by atoms with Crippen molar-refractivity contribution >= 4 is 35.3 Å². The number of thioether (sulfide) groups is 1. The van der Waals surface area contributed by atoms with Crippen molar-refractivity contribution in [3.8, 4) is 17.1 Å². The van der Waals surface area contributed by atoms with Crippen molar-refractivity contribution < 1.29 is 9.59 Å². The Morgan fingerprint density at radius 2 is 1.79 bits per heavy atom. The lowest BCUT2D eigenvalue weighted by Gasteiger charge is -2.11. The maximum atomic E-state index is 11.6. The number of imide groups is 1. The molecule has 0 aliphatic carbocycles. The first kappa shape index (κ1) is 19.9. The Morgan fingerprint density at radius 3 is 2.43 bits per heavy atom. The van der Waals surface area contributed by atoms with Crippen molar-refractivity contribution in [2.45, 2.75) is 18.5 Å². The number of aryl methyl sites for hydroxylation is 1. The average Bonchev–Trinajstić information content (AvgIpc) is 3.06. The van der Waals surface area contributed by atoms with E-state index in [-0.39, 0.29) is 6.42 Å². The number of nitrogens with two attached hydrogens (primary N) is 1. The molecule has 7 nitrogen and oxygen atoms in total. The summed E-state index contributed by atoms with van der Waals surface area (Å²) in [6.45, 7) is 2.02. The predicted molar refractivity (Wildman–Crippen MR) is 110 cm³/mol. The Kier molecular flexibility index (Phi) is 6.33. The minimum atomic E-state index is -0.858. The van der Waals surface area contributed by atoms with Gasteiger partial charge in [0, 0.05) is 28.4 Å². The molecule has 0 saturated heterocycles. The smallest absolute Gasteiger partial charge is 0.318 e. The number of benzene rings is 2. The van der Waals surface area contributed by atoms with Crippen LogP contribution in [0.15, 0.2) is 53.7 Å². The Labute approximate surface area is 171 Å². The Balaban J connectivity index is 1.89. The summed E-state index contributed by atoms with van der Waals surface area (Å²) in [7, 11) is 0. The van der Waals surface area contributed by atoms with Gasteiger partial charge in [-0.15, -0.1) is 10.2 Å². The Hall–Kier alpha value is -2.84. The normalized spacial score (nSPS) is 10.6. The molecule has 0 radical (unpaired) electrons. The number of hydrogen-bond acceptors (Lipinski definition) is 5. The van der Waals surface area contributed by atoms with Crippen molar-refractivity contribution in [1.29, 1.82) is 0 Å². The summed E-state index contributed by atoms with van der Waals surface area (Å²) in [5.41, 5.74) is 7.87. The summed E-state index contributed by atoms with van der Waals surface area (Å²) in [6.07, 6.45) is 0.130. The third kappa shape index (κ3) is 4.90. The maximum Gasteiger partial charge on any atom is 0.318 e. The van der Waals surface area contributed by atoms with Crippen LogP contribution in [0.1, 0.15) is 12.0 Å². The molecular weight excluding hydrogens is 398 g/mol. The summed E-state index contributed by atoms with van der Waals surface area (Å²) < 4.78 is 1.93. The van der Waals surface area contributed by atoms with E-state index in [0.717, 1.165) is 16.8 Å². The van der Waals surface area contributed by atoms with E-state index in [9.17, 15) is 9.59 Å². The lowest BCUT2D eigenvalue weighted by molar-refractivity contribution is -0.119. The minimum Gasteiger partial charge on any atom is -0.351 e. The molecule has 144 valence electrons. The number of carbonyl (C=O) groups excluding carboxylic acids is 2. The molecule has 28 heavy (non-hydrogen) atoms. The molecule has 0 spiro atoms. The second kappa shape index (κ2) is 8.90. The van der Waals surface area contributed by atoms with Gasteiger partial charge < -0.3 is 5.73 Å². The van der Waals surface area contributed by atoms with Crippen LogP contribution in [0.3, 0.4) is 0 Å². The molecule has 3 N–H and O–H groups in total. The molecule has 3 aromatic rings. The number of amides is 3. The van der Waals surface area contributed by atoms with Gasteiger partial charge in [-0.1, -0.05) is 41.1 Å².